The molecule has 0 aliphatic carbocycles. The van der Waals surface area contributed by atoms with Gasteiger partial charge in [0.25, 0.3) is 0 Å². The Kier molecular flexibility index (Phi) is 8.37. The average molecular weight is 293 g/mol. The second-order valence-corrected chi connectivity index (χ2v) is 5.03. The van der Waals surface area contributed by atoms with Crippen molar-refractivity contribution in [2.45, 2.75) is 44.2 Å². The molecule has 2 aliphatic heterocycles. The first kappa shape index (κ1) is 16.7. The molecule has 0 saturated carbocycles. The van der Waals surface area contributed by atoms with Gasteiger partial charge in [0.2, 0.25) is 5.91 Å². The number of amides is 1. The van der Waals surface area contributed by atoms with E-state index in [0.717, 1.165) is 39.1 Å². The maximum absolute atomic E-state index is 11.6. The first-order valence-electron chi connectivity index (χ1n) is 7.04. The monoisotopic (exact) mass is 292 g/mol. The van der Waals surface area contributed by atoms with Crippen LogP contribution < -0.4 is 10.6 Å². The molecule has 2 saturated heterocycles. The Balaban J connectivity index is 0.00000180. The summed E-state index contributed by atoms with van der Waals surface area (Å²) < 4.78 is 10.9. The number of carbonyl (C=O) groups is 1. The van der Waals surface area contributed by atoms with Gasteiger partial charge in [0.05, 0.1) is 12.7 Å². The van der Waals surface area contributed by atoms with Crippen molar-refractivity contribution in [1.29, 1.82) is 0 Å². The predicted octanol–water partition coefficient (Wildman–Crippen LogP) is 0.862. The maximum atomic E-state index is 11.6. The van der Waals surface area contributed by atoms with Crippen LogP contribution in [0.2, 0.25) is 0 Å². The predicted molar refractivity (Wildman–Crippen MR) is 75.7 cm³/mol. The summed E-state index contributed by atoms with van der Waals surface area (Å²) in [7, 11) is 0. The second kappa shape index (κ2) is 9.53. The molecule has 2 N–H and O–H groups in total. The molecule has 0 radical (unpaired) electrons. The first-order valence-corrected chi connectivity index (χ1v) is 7.04. The Morgan fingerprint density at radius 1 is 1.32 bits per heavy atom. The summed E-state index contributed by atoms with van der Waals surface area (Å²) in [4.78, 5) is 11.6. The van der Waals surface area contributed by atoms with Crippen LogP contribution in [0.25, 0.3) is 0 Å². The Hall–Kier alpha value is -0.360. The Labute approximate surface area is 121 Å². The zero-order valence-corrected chi connectivity index (χ0v) is 12.2. The fourth-order valence-electron chi connectivity index (χ4n) is 2.42. The van der Waals surface area contributed by atoms with E-state index in [1.54, 1.807) is 0 Å². The molecule has 1 amide bonds. The van der Waals surface area contributed by atoms with Gasteiger partial charge in [0.15, 0.2) is 0 Å². The van der Waals surface area contributed by atoms with Crippen molar-refractivity contribution in [2.75, 3.05) is 32.9 Å². The molecule has 112 valence electrons. The van der Waals surface area contributed by atoms with Gasteiger partial charge in [-0.05, 0) is 32.2 Å². The molecule has 19 heavy (non-hydrogen) atoms. The standard InChI is InChI=1S/C13H24N2O3.ClH/c16-13(15-10-11-2-1-6-14-11)5-9-18-12-3-7-17-8-4-12;/h11-12,14H,1-10H2,(H,15,16);1H. The smallest absolute Gasteiger partial charge is 0.222 e. The molecule has 0 aromatic heterocycles. The van der Waals surface area contributed by atoms with Crippen LogP contribution in [0.3, 0.4) is 0 Å². The number of ether oxygens (including phenoxy) is 2. The fourth-order valence-corrected chi connectivity index (χ4v) is 2.42. The molecule has 5 nitrogen and oxygen atoms in total. The summed E-state index contributed by atoms with van der Waals surface area (Å²) in [6.07, 6.45) is 5.03. The minimum atomic E-state index is 0. The number of hydrogen-bond donors (Lipinski definition) is 2. The zero-order valence-electron chi connectivity index (χ0n) is 11.4. The van der Waals surface area contributed by atoms with Gasteiger partial charge in [-0.15, -0.1) is 12.4 Å². The lowest BCUT2D eigenvalue weighted by Crippen LogP contribution is -2.37. The van der Waals surface area contributed by atoms with Crippen molar-refractivity contribution in [1.82, 2.24) is 10.6 Å². The summed E-state index contributed by atoms with van der Waals surface area (Å²) in [5.74, 6) is 0.0933. The highest BCUT2D eigenvalue weighted by molar-refractivity contribution is 5.85. The highest BCUT2D eigenvalue weighted by Crippen LogP contribution is 2.10. The number of halogens is 1. The third-order valence-electron chi connectivity index (χ3n) is 3.56. The number of rotatable bonds is 6. The largest absolute Gasteiger partial charge is 0.381 e. The Morgan fingerprint density at radius 2 is 2.11 bits per heavy atom. The van der Waals surface area contributed by atoms with Crippen LogP contribution in [0.4, 0.5) is 0 Å². The van der Waals surface area contributed by atoms with E-state index in [-0.39, 0.29) is 24.4 Å². The lowest BCUT2D eigenvalue weighted by molar-refractivity contribution is -0.123. The first-order chi connectivity index (χ1) is 8.84. The van der Waals surface area contributed by atoms with Crippen molar-refractivity contribution in [2.24, 2.45) is 0 Å². The van der Waals surface area contributed by atoms with Crippen molar-refractivity contribution >= 4 is 18.3 Å². The van der Waals surface area contributed by atoms with E-state index in [2.05, 4.69) is 10.6 Å². The summed E-state index contributed by atoms with van der Waals surface area (Å²) in [5.41, 5.74) is 0. The van der Waals surface area contributed by atoms with Crippen molar-refractivity contribution < 1.29 is 14.3 Å². The van der Waals surface area contributed by atoms with E-state index in [1.807, 2.05) is 0 Å². The minimum absolute atomic E-state index is 0. The zero-order chi connectivity index (χ0) is 12.6. The van der Waals surface area contributed by atoms with Gasteiger partial charge in [0.1, 0.15) is 0 Å². The van der Waals surface area contributed by atoms with Crippen LogP contribution in [0, 0.1) is 0 Å². The molecule has 6 heteroatoms. The molecule has 2 aliphatic rings. The van der Waals surface area contributed by atoms with E-state index in [0.29, 0.717) is 19.1 Å². The third kappa shape index (κ3) is 6.56. The molecule has 0 bridgehead atoms. The van der Waals surface area contributed by atoms with Gasteiger partial charge < -0.3 is 20.1 Å². The second-order valence-electron chi connectivity index (χ2n) is 5.03. The van der Waals surface area contributed by atoms with Crippen molar-refractivity contribution in [3.05, 3.63) is 0 Å². The maximum Gasteiger partial charge on any atom is 0.222 e. The van der Waals surface area contributed by atoms with Crippen LogP contribution in [-0.4, -0.2) is 51.0 Å². The molecular formula is C13H25ClN2O3. The van der Waals surface area contributed by atoms with Crippen LogP contribution in [0.15, 0.2) is 0 Å². The van der Waals surface area contributed by atoms with Gasteiger partial charge in [-0.1, -0.05) is 0 Å². The lowest BCUT2D eigenvalue weighted by Gasteiger charge is -2.22. The molecule has 1 atom stereocenters. The van der Waals surface area contributed by atoms with Crippen LogP contribution >= 0.6 is 12.4 Å². The summed E-state index contributed by atoms with van der Waals surface area (Å²) in [5, 5.41) is 6.32. The van der Waals surface area contributed by atoms with Crippen LogP contribution in [0.1, 0.15) is 32.1 Å². The topological polar surface area (TPSA) is 59.6 Å². The molecular weight excluding hydrogens is 268 g/mol. The Bertz CT molecular complexity index is 254. The average Bonchev–Trinajstić information content (AvgIpc) is 2.91. The number of carbonyl (C=O) groups excluding carboxylic acids is 1. The van der Waals surface area contributed by atoms with Crippen molar-refractivity contribution in [3.63, 3.8) is 0 Å². The van der Waals surface area contributed by atoms with E-state index in [9.17, 15) is 4.79 Å². The van der Waals surface area contributed by atoms with E-state index >= 15 is 0 Å². The molecule has 2 rings (SSSR count). The molecule has 0 spiro atoms. The fraction of sp³-hybridized carbons (Fsp3) is 0.923. The van der Waals surface area contributed by atoms with Gasteiger partial charge in [-0.25, -0.2) is 0 Å². The highest BCUT2D eigenvalue weighted by Gasteiger charge is 2.16. The number of hydrogen-bond acceptors (Lipinski definition) is 4. The van der Waals surface area contributed by atoms with Gasteiger partial charge in [-0.3, -0.25) is 4.79 Å². The van der Waals surface area contributed by atoms with Crippen LogP contribution in [0.5, 0.6) is 0 Å². The molecule has 2 fully saturated rings. The van der Waals surface area contributed by atoms with Crippen LogP contribution in [-0.2, 0) is 14.3 Å². The SMILES string of the molecule is Cl.O=C(CCOC1CCOCC1)NCC1CCCN1. The number of nitrogens with one attached hydrogen (secondary N) is 2. The molecule has 0 aromatic carbocycles. The summed E-state index contributed by atoms with van der Waals surface area (Å²) >= 11 is 0. The highest BCUT2D eigenvalue weighted by atomic mass is 35.5. The summed E-state index contributed by atoms with van der Waals surface area (Å²) in [6, 6.07) is 0.463. The molecule has 1 unspecified atom stereocenters. The van der Waals surface area contributed by atoms with E-state index < -0.39 is 0 Å². The molecule has 0 aromatic rings. The third-order valence-corrected chi connectivity index (χ3v) is 3.56. The van der Waals surface area contributed by atoms with Gasteiger partial charge in [0, 0.05) is 32.2 Å². The van der Waals surface area contributed by atoms with E-state index in [1.165, 1.54) is 12.8 Å². The van der Waals surface area contributed by atoms with Gasteiger partial charge >= 0.3 is 0 Å². The molecule has 2 heterocycles. The summed E-state index contributed by atoms with van der Waals surface area (Å²) in [6.45, 7) is 3.91. The normalized spacial score (nSPS) is 23.9. The van der Waals surface area contributed by atoms with Crippen molar-refractivity contribution in [3.8, 4) is 0 Å². The van der Waals surface area contributed by atoms with E-state index in [4.69, 9.17) is 9.47 Å². The Morgan fingerprint density at radius 3 is 2.79 bits per heavy atom. The quantitative estimate of drug-likeness (QED) is 0.762. The lowest BCUT2D eigenvalue weighted by atomic mass is 10.1. The minimum Gasteiger partial charge on any atom is -0.381 e. The van der Waals surface area contributed by atoms with Gasteiger partial charge in [-0.2, -0.15) is 0 Å².